The molecule has 2 atom stereocenters. The van der Waals surface area contributed by atoms with Gasteiger partial charge < -0.3 is 11.1 Å². The van der Waals surface area contributed by atoms with Gasteiger partial charge in [-0.2, -0.15) is 0 Å². The highest BCUT2D eigenvalue weighted by Gasteiger charge is 2.25. The topological polar surface area (TPSA) is 75.4 Å². The number of nitrogens with one attached hydrogen (secondary N) is 1. The zero-order chi connectivity index (χ0) is 17.0. The Kier molecular flexibility index (Phi) is 6.27. The van der Waals surface area contributed by atoms with E-state index in [9.17, 15) is 9.59 Å². The number of carbonyl (C=O) groups excluding carboxylic acids is 2. The number of nitrogens with two attached hydrogens (primary N) is 1. The van der Waals surface area contributed by atoms with Gasteiger partial charge in [-0.3, -0.25) is 14.5 Å². The standard InChI is InChI=1S/C16H21Cl2N3O2/c1-10(11-4-5-13(17)14(18)7-11)20-15(22)9-21-6-2-3-12(8-21)16(19)23/h4-5,7,10,12H,2-3,6,8-9H2,1H3,(H2,19,23)(H,20,22)/t10-,12+/m1/s1. The van der Waals surface area contributed by atoms with Gasteiger partial charge in [0.05, 0.1) is 28.5 Å². The van der Waals surface area contributed by atoms with Crippen molar-refractivity contribution >= 4 is 35.0 Å². The summed E-state index contributed by atoms with van der Waals surface area (Å²) in [6.07, 6.45) is 1.68. The molecule has 0 aliphatic carbocycles. The fourth-order valence-electron chi connectivity index (χ4n) is 2.79. The van der Waals surface area contributed by atoms with Crippen LogP contribution in [0.3, 0.4) is 0 Å². The van der Waals surface area contributed by atoms with Crippen molar-refractivity contribution in [1.29, 1.82) is 0 Å². The molecule has 5 nitrogen and oxygen atoms in total. The summed E-state index contributed by atoms with van der Waals surface area (Å²) < 4.78 is 0. The lowest BCUT2D eigenvalue weighted by Crippen LogP contribution is -2.45. The van der Waals surface area contributed by atoms with E-state index in [0.29, 0.717) is 16.6 Å². The molecule has 1 heterocycles. The van der Waals surface area contributed by atoms with Crippen molar-refractivity contribution in [3.63, 3.8) is 0 Å². The number of hydrogen-bond donors (Lipinski definition) is 2. The first-order valence-corrected chi connectivity index (χ1v) is 8.38. The first-order chi connectivity index (χ1) is 10.9. The van der Waals surface area contributed by atoms with Gasteiger partial charge in [-0.25, -0.2) is 0 Å². The summed E-state index contributed by atoms with van der Waals surface area (Å²) in [4.78, 5) is 25.4. The van der Waals surface area contributed by atoms with Crippen LogP contribution in [0, 0.1) is 5.92 Å². The van der Waals surface area contributed by atoms with E-state index in [1.54, 1.807) is 12.1 Å². The summed E-state index contributed by atoms with van der Waals surface area (Å²) in [5, 5.41) is 3.89. The van der Waals surface area contributed by atoms with Crippen LogP contribution in [0.15, 0.2) is 18.2 Å². The molecule has 0 aromatic heterocycles. The highest BCUT2D eigenvalue weighted by Crippen LogP contribution is 2.25. The summed E-state index contributed by atoms with van der Waals surface area (Å²) in [6, 6.07) is 5.13. The number of likely N-dealkylation sites (tertiary alicyclic amines) is 1. The summed E-state index contributed by atoms with van der Waals surface area (Å²) in [7, 11) is 0. The molecule has 1 aliphatic rings. The average Bonchev–Trinajstić information content (AvgIpc) is 2.50. The number of primary amides is 1. The van der Waals surface area contributed by atoms with E-state index in [0.717, 1.165) is 24.9 Å². The SMILES string of the molecule is C[C@@H](NC(=O)CN1CCC[C@H](C(N)=O)C1)c1ccc(Cl)c(Cl)c1. The third kappa shape index (κ3) is 5.09. The Hall–Kier alpha value is -1.30. The third-order valence-corrected chi connectivity index (χ3v) is 4.84. The summed E-state index contributed by atoms with van der Waals surface area (Å²) >= 11 is 11.9. The molecule has 3 N–H and O–H groups in total. The second-order valence-corrected chi connectivity index (χ2v) is 6.75. The number of amides is 2. The van der Waals surface area contributed by atoms with Crippen molar-refractivity contribution in [3.05, 3.63) is 33.8 Å². The zero-order valence-electron chi connectivity index (χ0n) is 13.0. The summed E-state index contributed by atoms with van der Waals surface area (Å²) in [5.74, 6) is -0.544. The fraction of sp³-hybridized carbons (Fsp3) is 0.500. The Morgan fingerprint density at radius 1 is 1.39 bits per heavy atom. The van der Waals surface area contributed by atoms with E-state index in [4.69, 9.17) is 28.9 Å². The van der Waals surface area contributed by atoms with E-state index in [1.165, 1.54) is 0 Å². The minimum atomic E-state index is -0.292. The Bertz CT molecular complexity index is 595. The lowest BCUT2D eigenvalue weighted by Gasteiger charge is -2.30. The van der Waals surface area contributed by atoms with E-state index >= 15 is 0 Å². The Balaban J connectivity index is 1.88. The summed E-state index contributed by atoms with van der Waals surface area (Å²) in [5.41, 5.74) is 6.24. The van der Waals surface area contributed by atoms with Crippen LogP contribution in [-0.2, 0) is 9.59 Å². The Morgan fingerprint density at radius 3 is 2.78 bits per heavy atom. The van der Waals surface area contributed by atoms with Crippen LogP contribution >= 0.6 is 23.2 Å². The van der Waals surface area contributed by atoms with Crippen LogP contribution in [0.4, 0.5) is 0 Å². The van der Waals surface area contributed by atoms with E-state index in [1.807, 2.05) is 17.9 Å². The van der Waals surface area contributed by atoms with Gasteiger partial charge in [-0.15, -0.1) is 0 Å². The van der Waals surface area contributed by atoms with Gasteiger partial charge in [0.25, 0.3) is 0 Å². The van der Waals surface area contributed by atoms with Crippen LogP contribution in [0.1, 0.15) is 31.4 Å². The second-order valence-electron chi connectivity index (χ2n) is 5.94. The van der Waals surface area contributed by atoms with Crippen molar-refractivity contribution < 1.29 is 9.59 Å². The van der Waals surface area contributed by atoms with Gasteiger partial charge >= 0.3 is 0 Å². The molecule has 2 amide bonds. The van der Waals surface area contributed by atoms with Crippen molar-refractivity contribution in [2.75, 3.05) is 19.6 Å². The largest absolute Gasteiger partial charge is 0.369 e. The van der Waals surface area contributed by atoms with Gasteiger partial charge in [0.2, 0.25) is 11.8 Å². The lowest BCUT2D eigenvalue weighted by atomic mass is 9.97. The molecular weight excluding hydrogens is 337 g/mol. The fourth-order valence-corrected chi connectivity index (χ4v) is 3.09. The maximum Gasteiger partial charge on any atom is 0.234 e. The van der Waals surface area contributed by atoms with Crippen LogP contribution in [0.5, 0.6) is 0 Å². The molecule has 2 rings (SSSR count). The minimum absolute atomic E-state index is 0.0892. The van der Waals surface area contributed by atoms with Gasteiger partial charge in [0.15, 0.2) is 0 Å². The average molecular weight is 358 g/mol. The summed E-state index contributed by atoms with van der Waals surface area (Å²) in [6.45, 7) is 3.50. The maximum absolute atomic E-state index is 12.2. The van der Waals surface area contributed by atoms with Crippen molar-refractivity contribution in [3.8, 4) is 0 Å². The second kappa shape index (κ2) is 7.99. The molecule has 1 saturated heterocycles. The number of piperidine rings is 1. The molecular formula is C16H21Cl2N3O2. The van der Waals surface area contributed by atoms with Crippen LogP contribution in [0.2, 0.25) is 10.0 Å². The van der Waals surface area contributed by atoms with E-state index < -0.39 is 0 Å². The van der Waals surface area contributed by atoms with Gasteiger partial charge in [0.1, 0.15) is 0 Å². The molecule has 0 radical (unpaired) electrons. The molecule has 0 unspecified atom stereocenters. The molecule has 0 saturated carbocycles. The lowest BCUT2D eigenvalue weighted by molar-refractivity contribution is -0.127. The van der Waals surface area contributed by atoms with Gasteiger partial charge in [0, 0.05) is 6.54 Å². The number of halogens is 2. The molecule has 1 fully saturated rings. The molecule has 1 aliphatic heterocycles. The first-order valence-electron chi connectivity index (χ1n) is 7.63. The number of rotatable bonds is 5. The molecule has 0 spiro atoms. The van der Waals surface area contributed by atoms with E-state index in [2.05, 4.69) is 5.32 Å². The number of hydrogen-bond acceptors (Lipinski definition) is 3. The number of carbonyl (C=O) groups is 2. The predicted octanol–water partition coefficient (Wildman–Crippen LogP) is 2.37. The first kappa shape index (κ1) is 18.0. The highest BCUT2D eigenvalue weighted by atomic mass is 35.5. The molecule has 1 aromatic carbocycles. The number of nitrogens with zero attached hydrogens (tertiary/aromatic N) is 1. The van der Waals surface area contributed by atoms with E-state index in [-0.39, 0.29) is 30.3 Å². The maximum atomic E-state index is 12.2. The molecule has 23 heavy (non-hydrogen) atoms. The van der Waals surface area contributed by atoms with Gasteiger partial charge in [-0.05, 0) is 44.0 Å². The molecule has 1 aromatic rings. The zero-order valence-corrected chi connectivity index (χ0v) is 14.5. The third-order valence-electron chi connectivity index (χ3n) is 4.10. The normalized spacial score (nSPS) is 20.0. The minimum Gasteiger partial charge on any atom is -0.369 e. The smallest absolute Gasteiger partial charge is 0.234 e. The predicted molar refractivity (Wildman–Crippen MR) is 91.4 cm³/mol. The quantitative estimate of drug-likeness (QED) is 0.849. The van der Waals surface area contributed by atoms with Crippen molar-refractivity contribution in [1.82, 2.24) is 10.2 Å². The molecule has 0 bridgehead atoms. The van der Waals surface area contributed by atoms with Gasteiger partial charge in [-0.1, -0.05) is 29.3 Å². The van der Waals surface area contributed by atoms with Crippen LogP contribution < -0.4 is 11.1 Å². The Labute approximate surface area is 146 Å². The highest BCUT2D eigenvalue weighted by molar-refractivity contribution is 6.42. The number of benzene rings is 1. The molecule has 126 valence electrons. The van der Waals surface area contributed by atoms with Crippen LogP contribution in [-0.4, -0.2) is 36.3 Å². The van der Waals surface area contributed by atoms with Crippen molar-refractivity contribution in [2.24, 2.45) is 11.7 Å². The monoisotopic (exact) mass is 357 g/mol. The Morgan fingerprint density at radius 2 is 2.13 bits per heavy atom. The van der Waals surface area contributed by atoms with Crippen molar-refractivity contribution in [2.45, 2.75) is 25.8 Å². The van der Waals surface area contributed by atoms with Crippen LogP contribution in [0.25, 0.3) is 0 Å². The molecule has 7 heteroatoms.